The Morgan fingerprint density at radius 3 is 2.50 bits per heavy atom. The van der Waals surface area contributed by atoms with Crippen LogP contribution < -0.4 is 28.4 Å². The number of allylic oxidation sites excluding steroid dienone is 1. The molecule has 182 valence electrons. The Balaban J connectivity index is 1.44. The average molecular weight is 486 g/mol. The number of rotatable bonds is 4. The summed E-state index contributed by atoms with van der Waals surface area (Å²) in [6.45, 7) is 0.941. The first-order chi connectivity index (χ1) is 17.6. The number of hydrogen-bond acceptors (Lipinski definition) is 8. The molecule has 0 saturated carbocycles. The Hall–Kier alpha value is -4.46. The van der Waals surface area contributed by atoms with Crippen molar-refractivity contribution in [2.24, 2.45) is 0 Å². The van der Waals surface area contributed by atoms with Gasteiger partial charge in [-0.15, -0.1) is 0 Å². The van der Waals surface area contributed by atoms with Gasteiger partial charge in [-0.25, -0.2) is 0 Å². The van der Waals surface area contributed by atoms with Crippen molar-refractivity contribution < 1.29 is 38.0 Å². The highest BCUT2D eigenvalue weighted by Gasteiger charge is 2.39. The monoisotopic (exact) mass is 486 g/mol. The Bertz CT molecular complexity index is 1440. The predicted molar refractivity (Wildman–Crippen MR) is 128 cm³/mol. The molecule has 0 saturated heterocycles. The summed E-state index contributed by atoms with van der Waals surface area (Å²) in [5.41, 5.74) is 2.53. The second-order valence-corrected chi connectivity index (χ2v) is 8.51. The third-order valence-corrected chi connectivity index (χ3v) is 6.47. The van der Waals surface area contributed by atoms with Crippen LogP contribution in [0.4, 0.5) is 0 Å². The Labute approximate surface area is 206 Å². The van der Waals surface area contributed by atoms with Crippen molar-refractivity contribution in [2.45, 2.75) is 12.3 Å². The highest BCUT2D eigenvalue weighted by Crippen LogP contribution is 2.50. The van der Waals surface area contributed by atoms with E-state index < -0.39 is 0 Å². The number of para-hydroxylation sites is 1. The molecule has 8 heteroatoms. The first-order valence-corrected chi connectivity index (χ1v) is 11.5. The molecule has 1 unspecified atom stereocenters. The molecule has 6 rings (SSSR count). The number of carbonyl (C=O) groups excluding carboxylic acids is 2. The molecular formula is C28H22O8. The maximum atomic E-state index is 13.3. The SMILES string of the molecule is COc1cccc(/C=C2\Oc3c(ccc4c3C(c3ccc5c(c3)OCCO5)CC(=O)O4)C2=O)c1OC. The van der Waals surface area contributed by atoms with E-state index in [1.54, 1.807) is 37.5 Å². The zero-order valence-corrected chi connectivity index (χ0v) is 19.7. The quantitative estimate of drug-likeness (QED) is 0.302. The molecule has 3 heterocycles. The Morgan fingerprint density at radius 2 is 1.69 bits per heavy atom. The fourth-order valence-corrected chi connectivity index (χ4v) is 4.83. The number of ketones is 1. The molecule has 0 aliphatic carbocycles. The molecule has 3 aromatic carbocycles. The lowest BCUT2D eigenvalue weighted by atomic mass is 9.84. The summed E-state index contributed by atoms with van der Waals surface area (Å²) >= 11 is 0. The second kappa shape index (κ2) is 8.64. The summed E-state index contributed by atoms with van der Waals surface area (Å²) in [5.74, 6) is 2.20. The van der Waals surface area contributed by atoms with Crippen LogP contribution in [0.2, 0.25) is 0 Å². The van der Waals surface area contributed by atoms with Gasteiger partial charge < -0.3 is 28.4 Å². The molecule has 3 aliphatic rings. The summed E-state index contributed by atoms with van der Waals surface area (Å²) in [6, 6.07) is 14.3. The standard InChI is InChI=1S/C28H22O8/c1-31-21-5-3-4-16(27(21)32-2)13-23-26(30)17-7-9-20-25(28(17)36-23)18(14-24(29)35-20)15-6-8-19-22(12-15)34-11-10-33-19/h3-9,12-13,18H,10-11,14H2,1-2H3/b23-13-. The Morgan fingerprint density at radius 1 is 0.889 bits per heavy atom. The lowest BCUT2D eigenvalue weighted by molar-refractivity contribution is -0.135. The van der Waals surface area contributed by atoms with Crippen LogP contribution in [0.5, 0.6) is 34.5 Å². The number of ether oxygens (including phenoxy) is 6. The minimum absolute atomic E-state index is 0.101. The van der Waals surface area contributed by atoms with Gasteiger partial charge >= 0.3 is 5.97 Å². The molecule has 36 heavy (non-hydrogen) atoms. The van der Waals surface area contributed by atoms with Gasteiger partial charge in [0.15, 0.2) is 28.8 Å². The Kier molecular flexibility index (Phi) is 5.29. The van der Waals surface area contributed by atoms with Gasteiger partial charge in [0.2, 0.25) is 5.78 Å². The summed E-state index contributed by atoms with van der Waals surface area (Å²) in [6.07, 6.45) is 1.73. The number of benzene rings is 3. The molecule has 0 N–H and O–H groups in total. The molecule has 0 radical (unpaired) electrons. The van der Waals surface area contributed by atoms with Gasteiger partial charge in [0.25, 0.3) is 0 Å². The predicted octanol–water partition coefficient (Wildman–Crippen LogP) is 4.53. The van der Waals surface area contributed by atoms with Crippen molar-refractivity contribution in [1.29, 1.82) is 0 Å². The summed E-state index contributed by atoms with van der Waals surface area (Å²) in [7, 11) is 3.09. The molecule has 0 amide bonds. The van der Waals surface area contributed by atoms with Gasteiger partial charge in [0, 0.05) is 17.0 Å². The van der Waals surface area contributed by atoms with Gasteiger partial charge in [-0.1, -0.05) is 18.2 Å². The van der Waals surface area contributed by atoms with E-state index in [-0.39, 0.29) is 29.9 Å². The van der Waals surface area contributed by atoms with E-state index in [0.717, 1.165) is 5.56 Å². The summed E-state index contributed by atoms with van der Waals surface area (Å²) in [5, 5.41) is 0. The van der Waals surface area contributed by atoms with Crippen LogP contribution in [0.15, 0.2) is 54.3 Å². The van der Waals surface area contributed by atoms with Crippen molar-refractivity contribution in [3.05, 3.63) is 76.5 Å². The molecule has 0 bridgehead atoms. The minimum atomic E-state index is -0.384. The third-order valence-electron chi connectivity index (χ3n) is 6.47. The van der Waals surface area contributed by atoms with Crippen molar-refractivity contribution in [2.75, 3.05) is 27.4 Å². The molecule has 0 fully saturated rings. The zero-order valence-electron chi connectivity index (χ0n) is 19.7. The molecule has 3 aliphatic heterocycles. The minimum Gasteiger partial charge on any atom is -0.493 e. The largest absolute Gasteiger partial charge is 0.493 e. The van der Waals surface area contributed by atoms with E-state index in [1.165, 1.54) is 7.11 Å². The van der Waals surface area contributed by atoms with Gasteiger partial charge in [0.1, 0.15) is 24.7 Å². The fourth-order valence-electron chi connectivity index (χ4n) is 4.83. The smallest absolute Gasteiger partial charge is 0.312 e. The van der Waals surface area contributed by atoms with Crippen molar-refractivity contribution in [3.8, 4) is 34.5 Å². The van der Waals surface area contributed by atoms with Crippen LogP contribution in [0.1, 0.15) is 39.4 Å². The maximum Gasteiger partial charge on any atom is 0.312 e. The normalized spacial score (nSPS) is 18.7. The highest BCUT2D eigenvalue weighted by atomic mass is 16.6. The number of Topliss-reactive ketones (excluding diaryl/α,β-unsaturated/α-hetero) is 1. The summed E-state index contributed by atoms with van der Waals surface area (Å²) < 4.78 is 33.9. The zero-order chi connectivity index (χ0) is 24.8. The average Bonchev–Trinajstić information content (AvgIpc) is 3.22. The molecule has 0 aromatic heterocycles. The number of esters is 1. The van der Waals surface area contributed by atoms with Crippen LogP contribution in [0.25, 0.3) is 6.08 Å². The number of fused-ring (bicyclic) bond motifs is 4. The third kappa shape index (κ3) is 3.53. The van der Waals surface area contributed by atoms with E-state index in [0.29, 0.717) is 64.4 Å². The van der Waals surface area contributed by atoms with Crippen molar-refractivity contribution in [1.82, 2.24) is 0 Å². The lowest BCUT2D eigenvalue weighted by Gasteiger charge is -2.27. The molecule has 1 atom stereocenters. The van der Waals surface area contributed by atoms with E-state index in [9.17, 15) is 9.59 Å². The van der Waals surface area contributed by atoms with E-state index in [2.05, 4.69) is 0 Å². The van der Waals surface area contributed by atoms with Gasteiger partial charge in [-0.2, -0.15) is 0 Å². The molecule has 8 nitrogen and oxygen atoms in total. The van der Waals surface area contributed by atoms with Crippen molar-refractivity contribution >= 4 is 17.8 Å². The van der Waals surface area contributed by atoms with Crippen LogP contribution in [0, 0.1) is 0 Å². The van der Waals surface area contributed by atoms with Gasteiger partial charge in [-0.3, -0.25) is 9.59 Å². The van der Waals surface area contributed by atoms with E-state index in [4.69, 9.17) is 28.4 Å². The fraction of sp³-hybridized carbons (Fsp3) is 0.214. The molecular weight excluding hydrogens is 464 g/mol. The van der Waals surface area contributed by atoms with Gasteiger partial charge in [0.05, 0.1) is 26.2 Å². The topological polar surface area (TPSA) is 89.5 Å². The van der Waals surface area contributed by atoms with Crippen LogP contribution in [-0.2, 0) is 4.79 Å². The highest BCUT2D eigenvalue weighted by molar-refractivity contribution is 6.15. The lowest BCUT2D eigenvalue weighted by Crippen LogP contribution is -2.22. The first kappa shape index (κ1) is 22.0. The molecule has 0 spiro atoms. The summed E-state index contributed by atoms with van der Waals surface area (Å²) in [4.78, 5) is 25.8. The molecule has 3 aromatic rings. The van der Waals surface area contributed by atoms with Crippen LogP contribution in [0.3, 0.4) is 0 Å². The van der Waals surface area contributed by atoms with Crippen molar-refractivity contribution in [3.63, 3.8) is 0 Å². The second-order valence-electron chi connectivity index (χ2n) is 8.51. The number of hydrogen-bond donors (Lipinski definition) is 0. The number of methoxy groups -OCH3 is 2. The van der Waals surface area contributed by atoms with E-state index in [1.807, 2.05) is 24.3 Å². The first-order valence-electron chi connectivity index (χ1n) is 11.5. The van der Waals surface area contributed by atoms with Gasteiger partial charge in [-0.05, 0) is 42.0 Å². The number of carbonyl (C=O) groups is 2. The van der Waals surface area contributed by atoms with Crippen LogP contribution >= 0.6 is 0 Å². The van der Waals surface area contributed by atoms with E-state index >= 15 is 0 Å². The maximum absolute atomic E-state index is 13.3. The van der Waals surface area contributed by atoms with Crippen LogP contribution in [-0.4, -0.2) is 39.2 Å².